The Hall–Kier alpha value is -1.64. The lowest BCUT2D eigenvalue weighted by molar-refractivity contribution is 0.394. The molecule has 0 amide bonds. The maximum Gasteiger partial charge on any atom is 0.124 e. The zero-order valence-corrected chi connectivity index (χ0v) is 11.1. The molecule has 0 saturated carbocycles. The molecule has 98 valence electrons. The highest BCUT2D eigenvalue weighted by Gasteiger charge is 2.10. The molecule has 0 aromatic heterocycles. The Morgan fingerprint density at radius 2 is 1.83 bits per heavy atom. The molecule has 2 rings (SSSR count). The van der Waals surface area contributed by atoms with E-state index in [1.165, 1.54) is 19.3 Å². The SMILES string of the molecule is COc1cc(NC[C@@H]2CC=CCC2)cc(OC)c1. The van der Waals surface area contributed by atoms with Gasteiger partial charge in [0, 0.05) is 30.4 Å². The summed E-state index contributed by atoms with van der Waals surface area (Å²) in [7, 11) is 3.34. The van der Waals surface area contributed by atoms with E-state index < -0.39 is 0 Å². The first-order valence-electron chi connectivity index (χ1n) is 6.43. The maximum atomic E-state index is 5.26. The summed E-state index contributed by atoms with van der Waals surface area (Å²) in [5.41, 5.74) is 1.06. The van der Waals surface area contributed by atoms with E-state index in [2.05, 4.69) is 17.5 Å². The van der Waals surface area contributed by atoms with Crippen molar-refractivity contribution in [2.75, 3.05) is 26.1 Å². The van der Waals surface area contributed by atoms with Crippen LogP contribution in [0, 0.1) is 5.92 Å². The average Bonchev–Trinajstić information content (AvgIpc) is 2.45. The number of hydrogen-bond acceptors (Lipinski definition) is 3. The number of hydrogen-bond donors (Lipinski definition) is 1. The van der Waals surface area contributed by atoms with Crippen molar-refractivity contribution < 1.29 is 9.47 Å². The molecule has 0 radical (unpaired) electrons. The van der Waals surface area contributed by atoms with Gasteiger partial charge in [-0.15, -0.1) is 0 Å². The van der Waals surface area contributed by atoms with E-state index in [1.54, 1.807) is 14.2 Å². The molecule has 1 aromatic rings. The fourth-order valence-corrected chi connectivity index (χ4v) is 2.21. The Kier molecular flexibility index (Phi) is 4.51. The van der Waals surface area contributed by atoms with Crippen LogP contribution in [-0.2, 0) is 0 Å². The number of ether oxygens (including phenoxy) is 2. The standard InChI is InChI=1S/C15H21NO2/c1-17-14-8-13(9-15(10-14)18-2)16-11-12-6-4-3-5-7-12/h3-4,8-10,12,16H,5-7,11H2,1-2H3/t12-/m1/s1. The van der Waals surface area contributed by atoms with Crippen molar-refractivity contribution in [2.24, 2.45) is 5.92 Å². The van der Waals surface area contributed by atoms with Crippen LogP contribution in [0.5, 0.6) is 11.5 Å². The second-order valence-corrected chi connectivity index (χ2v) is 4.63. The zero-order valence-electron chi connectivity index (χ0n) is 11.1. The lowest BCUT2D eigenvalue weighted by atomic mass is 9.94. The van der Waals surface area contributed by atoms with Crippen molar-refractivity contribution in [2.45, 2.75) is 19.3 Å². The number of anilines is 1. The van der Waals surface area contributed by atoms with E-state index in [9.17, 15) is 0 Å². The first-order valence-corrected chi connectivity index (χ1v) is 6.43. The monoisotopic (exact) mass is 247 g/mol. The number of nitrogens with one attached hydrogen (secondary N) is 1. The van der Waals surface area contributed by atoms with Gasteiger partial charge in [-0.3, -0.25) is 0 Å². The molecule has 1 N–H and O–H groups in total. The van der Waals surface area contributed by atoms with Crippen LogP contribution in [0.15, 0.2) is 30.4 Å². The molecule has 0 unspecified atom stereocenters. The van der Waals surface area contributed by atoms with Gasteiger partial charge in [0.15, 0.2) is 0 Å². The average molecular weight is 247 g/mol. The van der Waals surface area contributed by atoms with E-state index >= 15 is 0 Å². The van der Waals surface area contributed by atoms with Crippen LogP contribution in [0.25, 0.3) is 0 Å². The molecule has 0 spiro atoms. The highest BCUT2D eigenvalue weighted by Crippen LogP contribution is 2.26. The molecular formula is C15H21NO2. The number of methoxy groups -OCH3 is 2. The molecule has 1 aliphatic rings. The summed E-state index contributed by atoms with van der Waals surface area (Å²) in [6, 6.07) is 5.89. The first-order chi connectivity index (χ1) is 8.81. The lowest BCUT2D eigenvalue weighted by Gasteiger charge is -2.19. The summed E-state index contributed by atoms with van der Waals surface area (Å²) in [6.07, 6.45) is 8.19. The molecule has 1 atom stereocenters. The van der Waals surface area contributed by atoms with E-state index in [0.717, 1.165) is 29.6 Å². The third-order valence-corrected chi connectivity index (χ3v) is 3.32. The highest BCUT2D eigenvalue weighted by molar-refractivity contribution is 5.53. The van der Waals surface area contributed by atoms with Gasteiger partial charge in [-0.1, -0.05) is 12.2 Å². The molecule has 1 aromatic carbocycles. The summed E-state index contributed by atoms with van der Waals surface area (Å²) in [5.74, 6) is 2.37. The minimum absolute atomic E-state index is 0.729. The van der Waals surface area contributed by atoms with Gasteiger partial charge in [0.05, 0.1) is 14.2 Å². The third kappa shape index (κ3) is 3.42. The van der Waals surface area contributed by atoms with Gasteiger partial charge in [0.2, 0.25) is 0 Å². The number of rotatable bonds is 5. The Bertz CT molecular complexity index is 393. The summed E-state index contributed by atoms with van der Waals surface area (Å²) >= 11 is 0. The Morgan fingerprint density at radius 3 is 2.39 bits per heavy atom. The fourth-order valence-electron chi connectivity index (χ4n) is 2.21. The summed E-state index contributed by atoms with van der Waals surface area (Å²) in [6.45, 7) is 1.00. The van der Waals surface area contributed by atoms with Gasteiger partial charge < -0.3 is 14.8 Å². The van der Waals surface area contributed by atoms with E-state index in [-0.39, 0.29) is 0 Å². The van der Waals surface area contributed by atoms with Gasteiger partial charge in [-0.25, -0.2) is 0 Å². The van der Waals surface area contributed by atoms with Crippen molar-refractivity contribution in [3.8, 4) is 11.5 Å². The number of allylic oxidation sites excluding steroid dienone is 2. The Balaban J connectivity index is 1.97. The molecule has 0 fully saturated rings. The van der Waals surface area contributed by atoms with Crippen LogP contribution in [-0.4, -0.2) is 20.8 Å². The van der Waals surface area contributed by atoms with Crippen LogP contribution >= 0.6 is 0 Å². The largest absolute Gasteiger partial charge is 0.497 e. The van der Waals surface area contributed by atoms with Crippen LogP contribution in [0.3, 0.4) is 0 Å². The van der Waals surface area contributed by atoms with Crippen LogP contribution in [0.1, 0.15) is 19.3 Å². The predicted molar refractivity (Wildman–Crippen MR) is 74.5 cm³/mol. The summed E-state index contributed by atoms with van der Waals surface area (Å²) < 4.78 is 10.5. The molecular weight excluding hydrogens is 226 g/mol. The topological polar surface area (TPSA) is 30.5 Å². The van der Waals surface area contributed by atoms with Crippen molar-refractivity contribution in [3.05, 3.63) is 30.4 Å². The second-order valence-electron chi connectivity index (χ2n) is 4.63. The van der Waals surface area contributed by atoms with Gasteiger partial charge in [-0.05, 0) is 25.2 Å². The quantitative estimate of drug-likeness (QED) is 0.808. The molecule has 1 aliphatic carbocycles. The third-order valence-electron chi connectivity index (χ3n) is 3.32. The van der Waals surface area contributed by atoms with Crippen molar-refractivity contribution in [1.82, 2.24) is 0 Å². The molecule has 3 heteroatoms. The van der Waals surface area contributed by atoms with Crippen molar-refractivity contribution >= 4 is 5.69 Å². The van der Waals surface area contributed by atoms with E-state index in [0.29, 0.717) is 0 Å². The molecule has 0 bridgehead atoms. The normalized spacial score (nSPS) is 18.4. The molecule has 0 saturated heterocycles. The lowest BCUT2D eigenvalue weighted by Crippen LogP contribution is -2.15. The van der Waals surface area contributed by atoms with Gasteiger partial charge in [-0.2, -0.15) is 0 Å². The van der Waals surface area contributed by atoms with Gasteiger partial charge >= 0.3 is 0 Å². The van der Waals surface area contributed by atoms with Crippen LogP contribution in [0.2, 0.25) is 0 Å². The summed E-state index contributed by atoms with van der Waals surface area (Å²) in [4.78, 5) is 0. The van der Waals surface area contributed by atoms with Crippen molar-refractivity contribution in [1.29, 1.82) is 0 Å². The minimum atomic E-state index is 0.729. The molecule has 3 nitrogen and oxygen atoms in total. The predicted octanol–water partition coefficient (Wildman–Crippen LogP) is 3.47. The van der Waals surface area contributed by atoms with Crippen LogP contribution in [0.4, 0.5) is 5.69 Å². The Morgan fingerprint density at radius 1 is 1.11 bits per heavy atom. The molecule has 0 aliphatic heterocycles. The molecule has 0 heterocycles. The van der Waals surface area contributed by atoms with Gasteiger partial charge in [0.25, 0.3) is 0 Å². The van der Waals surface area contributed by atoms with E-state index in [1.807, 2.05) is 18.2 Å². The molecule has 18 heavy (non-hydrogen) atoms. The summed E-state index contributed by atoms with van der Waals surface area (Å²) in [5, 5.41) is 3.47. The fraction of sp³-hybridized carbons (Fsp3) is 0.467. The first kappa shape index (κ1) is 12.8. The van der Waals surface area contributed by atoms with Crippen LogP contribution < -0.4 is 14.8 Å². The highest BCUT2D eigenvalue weighted by atomic mass is 16.5. The zero-order chi connectivity index (χ0) is 12.8. The number of benzene rings is 1. The smallest absolute Gasteiger partial charge is 0.124 e. The van der Waals surface area contributed by atoms with Gasteiger partial charge in [0.1, 0.15) is 11.5 Å². The Labute approximate surface area is 109 Å². The maximum absolute atomic E-state index is 5.26. The van der Waals surface area contributed by atoms with E-state index in [4.69, 9.17) is 9.47 Å². The second kappa shape index (κ2) is 6.34. The minimum Gasteiger partial charge on any atom is -0.497 e. The van der Waals surface area contributed by atoms with Crippen molar-refractivity contribution in [3.63, 3.8) is 0 Å².